The van der Waals surface area contributed by atoms with E-state index in [0.717, 1.165) is 29.9 Å². The Labute approximate surface area is 160 Å². The minimum atomic E-state index is -3.71. The second-order valence-corrected chi connectivity index (χ2v) is 8.52. The van der Waals surface area contributed by atoms with Gasteiger partial charge in [-0.1, -0.05) is 6.07 Å². The van der Waals surface area contributed by atoms with Gasteiger partial charge in [0.1, 0.15) is 5.75 Å². The highest BCUT2D eigenvalue weighted by atomic mass is 32.2. The lowest BCUT2D eigenvalue weighted by atomic mass is 9.87. The van der Waals surface area contributed by atoms with Gasteiger partial charge in [0.15, 0.2) is 9.84 Å². The van der Waals surface area contributed by atoms with E-state index in [2.05, 4.69) is 10.1 Å². The lowest BCUT2D eigenvalue weighted by molar-refractivity contribution is -0.385. The lowest BCUT2D eigenvalue weighted by Gasteiger charge is -2.28. The molecular weight excluding hydrogens is 394 g/mol. The van der Waals surface area contributed by atoms with Gasteiger partial charge in [-0.3, -0.25) is 10.1 Å². The maximum atomic E-state index is 12.4. The van der Waals surface area contributed by atoms with E-state index in [0.29, 0.717) is 12.8 Å². The number of hydrogen-bond acceptors (Lipinski definition) is 6. The second-order valence-electron chi connectivity index (χ2n) is 6.54. The number of halogens is 2. The van der Waals surface area contributed by atoms with E-state index < -0.39 is 21.4 Å². The minimum Gasteiger partial charge on any atom is -0.435 e. The van der Waals surface area contributed by atoms with Gasteiger partial charge in [-0.15, -0.1) is 0 Å². The van der Waals surface area contributed by atoms with Crippen LogP contribution in [0.15, 0.2) is 41.3 Å². The molecular formula is C18H18F2N2O5S. The van der Waals surface area contributed by atoms with Gasteiger partial charge in [0.05, 0.1) is 21.5 Å². The van der Waals surface area contributed by atoms with Crippen molar-refractivity contribution in [2.24, 2.45) is 0 Å². The van der Waals surface area contributed by atoms with Gasteiger partial charge in [-0.25, -0.2) is 8.42 Å². The Kier molecular flexibility index (Phi) is 5.50. The molecule has 1 atom stereocenters. The Hall–Kier alpha value is -2.75. The smallest absolute Gasteiger partial charge is 0.387 e. The molecule has 150 valence electrons. The maximum absolute atomic E-state index is 12.4. The van der Waals surface area contributed by atoms with E-state index in [1.165, 1.54) is 18.2 Å². The van der Waals surface area contributed by atoms with Crippen LogP contribution >= 0.6 is 0 Å². The third-order valence-corrected chi connectivity index (χ3v) is 5.70. The van der Waals surface area contributed by atoms with Gasteiger partial charge in [-0.05, 0) is 48.6 Å². The zero-order chi connectivity index (χ0) is 20.5. The molecule has 0 fully saturated rings. The fourth-order valence-electron chi connectivity index (χ4n) is 3.36. The fraction of sp³-hybridized carbons (Fsp3) is 0.333. The Bertz CT molecular complexity index is 1010. The lowest BCUT2D eigenvalue weighted by Crippen LogP contribution is -2.19. The van der Waals surface area contributed by atoms with Gasteiger partial charge in [0.25, 0.3) is 5.69 Å². The van der Waals surface area contributed by atoms with Crippen molar-refractivity contribution < 1.29 is 26.9 Å². The van der Waals surface area contributed by atoms with Crippen molar-refractivity contribution in [1.82, 2.24) is 0 Å². The van der Waals surface area contributed by atoms with Crippen LogP contribution in [0.3, 0.4) is 0 Å². The van der Waals surface area contributed by atoms with Crippen LogP contribution in [-0.2, 0) is 16.3 Å². The molecule has 10 heteroatoms. The predicted octanol–water partition coefficient (Wildman–Crippen LogP) is 4.09. The first-order chi connectivity index (χ1) is 13.1. The highest BCUT2D eigenvalue weighted by molar-refractivity contribution is 7.90. The molecule has 0 saturated heterocycles. The molecule has 3 rings (SSSR count). The molecule has 0 heterocycles. The Morgan fingerprint density at radius 1 is 1.25 bits per heavy atom. The highest BCUT2D eigenvalue weighted by Crippen LogP contribution is 2.37. The molecule has 0 aliphatic heterocycles. The minimum absolute atomic E-state index is 0.0709. The number of ether oxygens (including phenoxy) is 1. The van der Waals surface area contributed by atoms with Crippen LogP contribution in [-0.4, -0.2) is 26.2 Å². The monoisotopic (exact) mass is 412 g/mol. The molecule has 0 aromatic heterocycles. The van der Waals surface area contributed by atoms with Gasteiger partial charge in [-0.2, -0.15) is 8.78 Å². The highest BCUT2D eigenvalue weighted by Gasteiger charge is 2.25. The van der Waals surface area contributed by atoms with Gasteiger partial charge in [0.2, 0.25) is 0 Å². The number of non-ortho nitro benzene ring substituents is 1. The molecule has 1 unspecified atom stereocenters. The van der Waals surface area contributed by atoms with Gasteiger partial charge >= 0.3 is 6.61 Å². The van der Waals surface area contributed by atoms with E-state index in [-0.39, 0.29) is 28.1 Å². The summed E-state index contributed by atoms with van der Waals surface area (Å²) in [5.74, 6) is 0.0709. The number of nitrogens with one attached hydrogen (secondary N) is 1. The third-order valence-electron chi connectivity index (χ3n) is 4.56. The first kappa shape index (κ1) is 20.0. The number of nitro groups is 1. The van der Waals surface area contributed by atoms with Crippen LogP contribution < -0.4 is 10.1 Å². The number of benzene rings is 2. The Morgan fingerprint density at radius 2 is 2.00 bits per heavy atom. The molecule has 1 N–H and O–H groups in total. The third kappa shape index (κ3) is 4.38. The standard InChI is InChI=1S/C18H18F2N2O5S/c1-28(25,26)17-10-12(22(23)24)5-8-16(17)21-15-4-2-3-11-9-13(27-18(19)20)6-7-14(11)15/h5-10,15,18,21H,2-4H2,1H3. The zero-order valence-electron chi connectivity index (χ0n) is 14.9. The molecule has 28 heavy (non-hydrogen) atoms. The molecule has 0 saturated carbocycles. The van der Waals surface area contributed by atoms with E-state index in [9.17, 15) is 27.3 Å². The van der Waals surface area contributed by atoms with Crippen molar-refractivity contribution in [2.75, 3.05) is 11.6 Å². The van der Waals surface area contributed by atoms with Gasteiger partial charge in [0, 0.05) is 18.4 Å². The summed E-state index contributed by atoms with van der Waals surface area (Å²) in [6.45, 7) is -2.91. The molecule has 7 nitrogen and oxygen atoms in total. The topological polar surface area (TPSA) is 98.5 Å². The van der Waals surface area contributed by atoms with E-state index >= 15 is 0 Å². The van der Waals surface area contributed by atoms with Crippen LogP contribution in [0.5, 0.6) is 5.75 Å². The number of alkyl halides is 2. The Balaban J connectivity index is 1.94. The van der Waals surface area contributed by atoms with E-state index in [4.69, 9.17) is 0 Å². The van der Waals surface area contributed by atoms with Crippen LogP contribution in [0.2, 0.25) is 0 Å². The molecule has 1 aliphatic rings. The van der Waals surface area contributed by atoms with Crippen molar-refractivity contribution in [1.29, 1.82) is 0 Å². The maximum Gasteiger partial charge on any atom is 0.387 e. The SMILES string of the molecule is CS(=O)(=O)c1cc([N+](=O)[O-])ccc1NC1CCCc2cc(OC(F)F)ccc21. The number of anilines is 1. The van der Waals surface area contributed by atoms with Crippen LogP contribution in [0, 0.1) is 10.1 Å². The van der Waals surface area contributed by atoms with Crippen molar-refractivity contribution in [3.63, 3.8) is 0 Å². The predicted molar refractivity (Wildman–Crippen MR) is 98.6 cm³/mol. The first-order valence-corrected chi connectivity index (χ1v) is 10.4. The largest absolute Gasteiger partial charge is 0.435 e. The quantitative estimate of drug-likeness (QED) is 0.567. The average Bonchev–Trinajstić information content (AvgIpc) is 2.60. The summed E-state index contributed by atoms with van der Waals surface area (Å²) in [7, 11) is -3.71. The van der Waals surface area contributed by atoms with Crippen molar-refractivity contribution in [3.05, 3.63) is 57.6 Å². The molecule has 1 aliphatic carbocycles. The van der Waals surface area contributed by atoms with E-state index in [1.54, 1.807) is 12.1 Å². The summed E-state index contributed by atoms with van der Waals surface area (Å²) in [6, 6.07) is 8.06. The summed E-state index contributed by atoms with van der Waals surface area (Å²) in [5.41, 5.74) is 1.64. The van der Waals surface area contributed by atoms with Crippen molar-refractivity contribution in [2.45, 2.75) is 36.8 Å². The number of nitro benzene ring substituents is 1. The molecule has 2 aromatic rings. The summed E-state index contributed by atoms with van der Waals surface area (Å²) in [6.07, 6.45) is 3.14. The summed E-state index contributed by atoms with van der Waals surface area (Å²) in [4.78, 5) is 10.2. The zero-order valence-corrected chi connectivity index (χ0v) is 15.7. The number of aryl methyl sites for hydroxylation is 1. The van der Waals surface area contributed by atoms with Crippen LogP contribution in [0.1, 0.15) is 30.0 Å². The van der Waals surface area contributed by atoms with Gasteiger partial charge < -0.3 is 10.1 Å². The first-order valence-electron chi connectivity index (χ1n) is 8.48. The normalized spacial score (nSPS) is 16.5. The number of sulfone groups is 1. The number of hydrogen-bond donors (Lipinski definition) is 1. The molecule has 2 aromatic carbocycles. The molecule has 0 radical (unpaired) electrons. The van der Waals surface area contributed by atoms with Crippen molar-refractivity contribution >= 4 is 21.2 Å². The van der Waals surface area contributed by atoms with Crippen LogP contribution in [0.4, 0.5) is 20.2 Å². The number of rotatable bonds is 6. The summed E-state index contributed by atoms with van der Waals surface area (Å²) >= 11 is 0. The average molecular weight is 412 g/mol. The van der Waals surface area contributed by atoms with E-state index in [1.807, 2.05) is 0 Å². The molecule has 0 amide bonds. The Morgan fingerprint density at radius 3 is 2.64 bits per heavy atom. The second kappa shape index (κ2) is 7.70. The summed E-state index contributed by atoms with van der Waals surface area (Å²) < 4.78 is 53.5. The molecule has 0 bridgehead atoms. The number of fused-ring (bicyclic) bond motifs is 1. The molecule has 0 spiro atoms. The fourth-order valence-corrected chi connectivity index (χ4v) is 4.22. The summed E-state index contributed by atoms with van der Waals surface area (Å²) in [5, 5.41) is 14.1. The van der Waals surface area contributed by atoms with Crippen LogP contribution in [0.25, 0.3) is 0 Å². The van der Waals surface area contributed by atoms with Crippen molar-refractivity contribution in [3.8, 4) is 5.75 Å². The number of nitrogens with zero attached hydrogens (tertiary/aromatic N) is 1.